The highest BCUT2D eigenvalue weighted by Crippen LogP contribution is 2.22. The van der Waals surface area contributed by atoms with Gasteiger partial charge in [0.1, 0.15) is 0 Å². The molecule has 56 heavy (non-hydrogen) atoms. The lowest BCUT2D eigenvalue weighted by Crippen LogP contribution is -2.53. The Morgan fingerprint density at radius 3 is 1.23 bits per heavy atom. The molecule has 0 unspecified atom stereocenters. The average molecular weight is 807 g/mol. The van der Waals surface area contributed by atoms with E-state index in [-0.39, 0.29) is 0 Å². The summed E-state index contributed by atoms with van der Waals surface area (Å²) in [6.45, 7) is 32.5. The maximum Gasteiger partial charge on any atom is 0.416 e. The second-order valence-corrected chi connectivity index (χ2v) is 12.2. The van der Waals surface area contributed by atoms with E-state index in [0.717, 1.165) is 39.0 Å². The van der Waals surface area contributed by atoms with E-state index < -0.39 is 17.1 Å². The Labute approximate surface area is 346 Å². The summed E-state index contributed by atoms with van der Waals surface area (Å²) in [7, 11) is 9.97. The first-order chi connectivity index (χ1) is 26.8. The summed E-state index contributed by atoms with van der Waals surface area (Å²) in [5, 5.41) is 0. The Kier molecular flexibility index (Phi) is 44.4. The lowest BCUT2D eigenvalue weighted by Gasteiger charge is -2.08. The van der Waals surface area contributed by atoms with Crippen molar-refractivity contribution in [3.8, 4) is 0 Å². The zero-order valence-corrected chi connectivity index (χ0v) is 40.4. The molecule has 0 spiro atoms. The molecule has 11 nitrogen and oxygen atoms in total. The molecule has 2 aliphatic heterocycles. The number of thiophene rings is 1. The molecule has 6 rings (SSSR count). The van der Waals surface area contributed by atoms with E-state index in [2.05, 4.69) is 37.9 Å². The van der Waals surface area contributed by atoms with E-state index in [1.54, 1.807) is 0 Å². The van der Waals surface area contributed by atoms with Gasteiger partial charge in [-0.25, -0.2) is 28.1 Å². The van der Waals surface area contributed by atoms with Crippen molar-refractivity contribution < 1.29 is 18.4 Å². The third-order valence-electron chi connectivity index (χ3n) is 6.71. The number of aliphatic imine (C=N–C) groups is 1. The number of nitrogens with zero attached hydrogens (tertiary/aromatic N) is 7. The molecular formula is C44H84N7O4S+3. The molecule has 3 aromatic heterocycles. The topological polar surface area (TPSA) is 99.2 Å². The average Bonchev–Trinajstić information content (AvgIpc) is 3.85. The van der Waals surface area contributed by atoms with Crippen LogP contribution >= 0.6 is 11.3 Å². The minimum Gasteiger partial charge on any atom is -0.381 e. The highest BCUT2D eigenvalue weighted by molar-refractivity contribution is 7.12. The Morgan fingerprint density at radius 2 is 0.982 bits per heavy atom. The van der Waals surface area contributed by atoms with Crippen molar-refractivity contribution in [3.63, 3.8) is 0 Å². The van der Waals surface area contributed by atoms with Crippen molar-refractivity contribution in [2.45, 2.75) is 130 Å². The van der Waals surface area contributed by atoms with Crippen LogP contribution in [0, 0.1) is 20.8 Å². The van der Waals surface area contributed by atoms with Gasteiger partial charge in [-0.3, -0.25) is 4.99 Å². The normalized spacial score (nSPS) is 10.6. The van der Waals surface area contributed by atoms with Crippen LogP contribution in [0.3, 0.4) is 0 Å². The third-order valence-corrected chi connectivity index (χ3v) is 7.78. The van der Waals surface area contributed by atoms with Crippen LogP contribution < -0.4 is 30.8 Å². The fourth-order valence-electron chi connectivity index (χ4n) is 4.37. The van der Waals surface area contributed by atoms with E-state index in [0.29, 0.717) is 0 Å². The Hall–Kier alpha value is -4.03. The number of fused-ring (bicyclic) bond motifs is 1. The molecule has 0 N–H and O–H groups in total. The van der Waals surface area contributed by atoms with E-state index in [9.17, 15) is 14.4 Å². The van der Waals surface area contributed by atoms with Crippen LogP contribution in [0.1, 0.15) is 123 Å². The van der Waals surface area contributed by atoms with E-state index >= 15 is 0 Å². The van der Waals surface area contributed by atoms with Crippen LogP contribution in [0.4, 0.5) is 5.69 Å². The SMILES string of the molecule is C1=Nc2ccccc2C1.C1CCOCC1.CC.CC.CC.CC.CC.CC.C[n+]1c[n+](C)c[n+](C)c1.Cc1cc(C)c(C)s1.Cn1c(=O)n(C)c(=O)n(C)c1=O. The van der Waals surface area contributed by atoms with Gasteiger partial charge in [-0.15, -0.1) is 11.3 Å². The molecule has 0 radical (unpaired) electrons. The number of hydrogen-bond acceptors (Lipinski definition) is 6. The summed E-state index contributed by atoms with van der Waals surface area (Å²) in [5.41, 5.74) is 2.08. The van der Waals surface area contributed by atoms with Gasteiger partial charge in [0.2, 0.25) is 0 Å². The summed E-state index contributed by atoms with van der Waals surface area (Å²) >= 11 is 1.87. The van der Waals surface area contributed by atoms with Crippen LogP contribution in [0.5, 0.6) is 0 Å². The lowest BCUT2D eigenvalue weighted by molar-refractivity contribution is -0.923. The van der Waals surface area contributed by atoms with Crippen molar-refractivity contribution in [2.24, 2.45) is 47.3 Å². The van der Waals surface area contributed by atoms with Crippen molar-refractivity contribution >= 4 is 23.2 Å². The molecule has 0 atom stereocenters. The molecule has 5 heterocycles. The fourth-order valence-corrected chi connectivity index (χ4v) is 5.31. The Bertz CT molecular complexity index is 1530. The first-order valence-corrected chi connectivity index (χ1v) is 21.4. The third kappa shape index (κ3) is 26.7. The summed E-state index contributed by atoms with van der Waals surface area (Å²) in [5.74, 6) is 0. The van der Waals surface area contributed by atoms with Gasteiger partial charge in [-0.2, -0.15) is 0 Å². The largest absolute Gasteiger partial charge is 0.416 e. The predicted molar refractivity (Wildman–Crippen MR) is 242 cm³/mol. The monoisotopic (exact) mass is 807 g/mol. The van der Waals surface area contributed by atoms with Gasteiger partial charge in [0.25, 0.3) is 0 Å². The molecule has 12 heteroatoms. The second kappa shape index (κ2) is 40.6. The van der Waals surface area contributed by atoms with Crippen LogP contribution in [-0.4, -0.2) is 33.1 Å². The molecule has 1 saturated heterocycles. The quantitative estimate of drug-likeness (QED) is 0.169. The van der Waals surface area contributed by atoms with Gasteiger partial charge in [-0.1, -0.05) is 115 Å². The summed E-state index contributed by atoms with van der Waals surface area (Å²) in [4.78, 5) is 40.3. The minimum atomic E-state index is -0.608. The molecule has 4 aromatic rings. The van der Waals surface area contributed by atoms with Crippen LogP contribution in [0.25, 0.3) is 0 Å². The number of aromatic nitrogens is 6. The number of benzene rings is 1. The number of aryl methyl sites for hydroxylation is 6. The Balaban J connectivity index is -0.000000183. The molecule has 1 aromatic carbocycles. The number of para-hydroxylation sites is 1. The van der Waals surface area contributed by atoms with Crippen molar-refractivity contribution in [1.29, 1.82) is 0 Å². The summed E-state index contributed by atoms with van der Waals surface area (Å²) in [6, 6.07) is 10.4. The molecule has 1 fully saturated rings. The molecule has 0 aliphatic carbocycles. The minimum absolute atomic E-state index is 0.608. The summed E-state index contributed by atoms with van der Waals surface area (Å²) in [6.07, 6.45) is 12.9. The maximum atomic E-state index is 11.1. The number of rotatable bonds is 0. The van der Waals surface area contributed by atoms with Gasteiger partial charge < -0.3 is 4.74 Å². The lowest BCUT2D eigenvalue weighted by atomic mass is 10.2. The van der Waals surface area contributed by atoms with E-state index in [1.807, 2.05) is 173 Å². The first kappa shape index (κ1) is 61.2. The molecule has 0 bridgehead atoms. The zero-order chi connectivity index (χ0) is 44.8. The maximum absolute atomic E-state index is 11.1. The van der Waals surface area contributed by atoms with Crippen molar-refractivity contribution in [3.05, 3.63) is 102 Å². The van der Waals surface area contributed by atoms with Gasteiger partial charge in [0, 0.05) is 56.7 Å². The standard InChI is InChI=1S/C8H7N.C7H10S.C6H9N3O3.C6H12N3.C5H10O.6C2H6/c1-2-4-8-7(3-1)5-6-9-8;1-5-4-6(2)8-7(5)3;1-7-4(10)8(2)6(12)9(3)5(7)11;1-7-4-8(2)6-9(3)5-7;1-2-4-6-5-3-1;6*1-2/h1-4,6H,5H2;4H,1-3H3;1-3H3;4-6H,1-3H3;1-5H2;6*1-2H3/q;;;+3;;;;;;;. The molecule has 0 saturated carbocycles. The van der Waals surface area contributed by atoms with Crippen molar-refractivity contribution in [2.75, 3.05) is 13.2 Å². The molecule has 322 valence electrons. The number of ether oxygens (including phenoxy) is 1. The predicted octanol–water partition coefficient (Wildman–Crippen LogP) is 7.91. The highest BCUT2D eigenvalue weighted by Gasteiger charge is 2.07. The molecule has 0 amide bonds. The van der Waals surface area contributed by atoms with Crippen LogP contribution in [0.2, 0.25) is 0 Å². The Morgan fingerprint density at radius 1 is 0.607 bits per heavy atom. The fraction of sp³-hybridized carbons (Fsp3) is 0.614. The van der Waals surface area contributed by atoms with E-state index in [4.69, 9.17) is 4.74 Å². The van der Waals surface area contributed by atoms with Crippen LogP contribution in [-0.2, 0) is 53.4 Å². The van der Waals surface area contributed by atoms with Gasteiger partial charge in [0.15, 0.2) is 21.1 Å². The first-order valence-electron chi connectivity index (χ1n) is 20.6. The summed E-state index contributed by atoms with van der Waals surface area (Å²) < 4.78 is 13.7. The molecular weight excluding hydrogens is 723 g/mol. The van der Waals surface area contributed by atoms with Gasteiger partial charge >= 0.3 is 36.1 Å². The smallest absolute Gasteiger partial charge is 0.381 e. The zero-order valence-electron chi connectivity index (χ0n) is 39.6. The second-order valence-electron chi connectivity index (χ2n) is 10.8. The van der Waals surface area contributed by atoms with Gasteiger partial charge in [0.05, 0.1) is 5.69 Å². The van der Waals surface area contributed by atoms with E-state index in [1.165, 1.54) is 61.3 Å². The highest BCUT2D eigenvalue weighted by atomic mass is 32.1. The van der Waals surface area contributed by atoms with Crippen molar-refractivity contribution in [1.82, 2.24) is 13.7 Å². The van der Waals surface area contributed by atoms with Gasteiger partial charge in [-0.05, 0) is 63.3 Å². The number of hydrogen-bond donors (Lipinski definition) is 0. The van der Waals surface area contributed by atoms with Crippen LogP contribution in [0.15, 0.2) is 68.7 Å². The molecule has 2 aliphatic rings.